The van der Waals surface area contributed by atoms with Crippen molar-refractivity contribution >= 4 is 36.4 Å². The van der Waals surface area contributed by atoms with Gasteiger partial charge in [0.05, 0.1) is 0 Å². The summed E-state index contributed by atoms with van der Waals surface area (Å²) in [6, 6.07) is 8.59. The van der Waals surface area contributed by atoms with Crippen LogP contribution in [0.1, 0.15) is 18.4 Å². The Morgan fingerprint density at radius 1 is 1.11 bits per heavy atom. The standard InChI is InChI=1S/C13H19ClN2.2ClH/c14-12-5-3-11(4-6-12)9-13(10-15)16-7-1-2-8-16;;/h3-6,13H,1-2,7-10,15H2;2*1H. The normalized spacial score (nSPS) is 16.8. The van der Waals surface area contributed by atoms with Gasteiger partial charge < -0.3 is 5.73 Å². The van der Waals surface area contributed by atoms with Crippen LogP contribution in [0.2, 0.25) is 5.02 Å². The van der Waals surface area contributed by atoms with Gasteiger partial charge in [-0.05, 0) is 50.0 Å². The van der Waals surface area contributed by atoms with Crippen LogP contribution in [0.15, 0.2) is 24.3 Å². The first-order valence-electron chi connectivity index (χ1n) is 5.98. The zero-order chi connectivity index (χ0) is 11.4. The zero-order valence-corrected chi connectivity index (χ0v) is 12.7. The number of hydrogen-bond acceptors (Lipinski definition) is 2. The molecule has 0 amide bonds. The summed E-state index contributed by atoms with van der Waals surface area (Å²) in [5.74, 6) is 0. The molecule has 1 aliphatic rings. The predicted molar refractivity (Wildman–Crippen MR) is 83.3 cm³/mol. The fraction of sp³-hybridized carbons (Fsp3) is 0.538. The average Bonchev–Trinajstić information content (AvgIpc) is 2.82. The van der Waals surface area contributed by atoms with Crippen LogP contribution in [-0.4, -0.2) is 30.6 Å². The zero-order valence-electron chi connectivity index (χ0n) is 10.3. The molecule has 2 nitrogen and oxygen atoms in total. The molecule has 1 unspecified atom stereocenters. The SMILES string of the molecule is Cl.Cl.NCC(Cc1ccc(Cl)cc1)N1CCCC1. The van der Waals surface area contributed by atoms with Crippen molar-refractivity contribution in [2.75, 3.05) is 19.6 Å². The van der Waals surface area contributed by atoms with E-state index in [0.717, 1.165) is 18.0 Å². The summed E-state index contributed by atoms with van der Waals surface area (Å²) >= 11 is 5.87. The highest BCUT2D eigenvalue weighted by Gasteiger charge is 2.20. The lowest BCUT2D eigenvalue weighted by atomic mass is 10.1. The van der Waals surface area contributed by atoms with Gasteiger partial charge in [-0.3, -0.25) is 4.90 Å². The molecular formula is C13H21Cl3N2. The molecule has 0 aliphatic carbocycles. The van der Waals surface area contributed by atoms with Gasteiger partial charge in [0.15, 0.2) is 0 Å². The van der Waals surface area contributed by atoms with Crippen molar-refractivity contribution < 1.29 is 0 Å². The van der Waals surface area contributed by atoms with Crippen molar-refractivity contribution in [1.29, 1.82) is 0 Å². The molecular weight excluding hydrogens is 291 g/mol. The molecule has 1 aromatic rings. The quantitative estimate of drug-likeness (QED) is 0.925. The lowest BCUT2D eigenvalue weighted by Gasteiger charge is -2.26. The highest BCUT2D eigenvalue weighted by Crippen LogP contribution is 2.16. The van der Waals surface area contributed by atoms with E-state index in [1.54, 1.807) is 0 Å². The van der Waals surface area contributed by atoms with E-state index >= 15 is 0 Å². The lowest BCUT2D eigenvalue weighted by molar-refractivity contribution is 0.246. The van der Waals surface area contributed by atoms with E-state index in [4.69, 9.17) is 17.3 Å². The third kappa shape index (κ3) is 4.94. The molecule has 0 saturated carbocycles. The Bertz CT molecular complexity index is 324. The third-order valence-electron chi connectivity index (χ3n) is 3.31. The van der Waals surface area contributed by atoms with E-state index in [2.05, 4.69) is 17.0 Å². The van der Waals surface area contributed by atoms with Crippen molar-refractivity contribution in [3.05, 3.63) is 34.9 Å². The third-order valence-corrected chi connectivity index (χ3v) is 3.57. The van der Waals surface area contributed by atoms with E-state index in [1.807, 2.05) is 12.1 Å². The first kappa shape index (κ1) is 18.0. The first-order valence-corrected chi connectivity index (χ1v) is 6.36. The molecule has 1 heterocycles. The maximum Gasteiger partial charge on any atom is 0.0406 e. The largest absolute Gasteiger partial charge is 0.329 e. The molecule has 1 fully saturated rings. The maximum atomic E-state index is 5.87. The molecule has 1 atom stereocenters. The van der Waals surface area contributed by atoms with Crippen molar-refractivity contribution in [3.8, 4) is 0 Å². The van der Waals surface area contributed by atoms with Gasteiger partial charge in [-0.25, -0.2) is 0 Å². The summed E-state index contributed by atoms with van der Waals surface area (Å²) in [7, 11) is 0. The Labute approximate surface area is 127 Å². The Morgan fingerprint density at radius 3 is 2.17 bits per heavy atom. The number of nitrogens with two attached hydrogens (primary N) is 1. The number of likely N-dealkylation sites (tertiary alicyclic amines) is 1. The molecule has 1 saturated heterocycles. The van der Waals surface area contributed by atoms with Crippen LogP contribution < -0.4 is 5.73 Å². The monoisotopic (exact) mass is 310 g/mol. The molecule has 0 bridgehead atoms. The van der Waals surface area contributed by atoms with E-state index < -0.39 is 0 Å². The van der Waals surface area contributed by atoms with Crippen LogP contribution >= 0.6 is 36.4 Å². The minimum Gasteiger partial charge on any atom is -0.329 e. The second-order valence-electron chi connectivity index (χ2n) is 4.46. The highest BCUT2D eigenvalue weighted by molar-refractivity contribution is 6.30. The molecule has 1 aliphatic heterocycles. The van der Waals surface area contributed by atoms with Crippen LogP contribution in [0.4, 0.5) is 0 Å². The van der Waals surface area contributed by atoms with Gasteiger partial charge in [-0.15, -0.1) is 24.8 Å². The van der Waals surface area contributed by atoms with Crippen LogP contribution in [0.3, 0.4) is 0 Å². The molecule has 1 aromatic carbocycles. The van der Waals surface area contributed by atoms with Crippen LogP contribution in [-0.2, 0) is 6.42 Å². The van der Waals surface area contributed by atoms with Crippen LogP contribution in [0, 0.1) is 0 Å². The summed E-state index contributed by atoms with van der Waals surface area (Å²) in [6.07, 6.45) is 3.67. The fourth-order valence-electron chi connectivity index (χ4n) is 2.36. The van der Waals surface area contributed by atoms with Crippen LogP contribution in [0.25, 0.3) is 0 Å². The Kier molecular flexibility index (Phi) is 9.01. The smallest absolute Gasteiger partial charge is 0.0406 e. The van der Waals surface area contributed by atoms with Gasteiger partial charge in [-0.2, -0.15) is 0 Å². The molecule has 0 radical (unpaired) electrons. The fourth-order valence-corrected chi connectivity index (χ4v) is 2.49. The topological polar surface area (TPSA) is 29.3 Å². The van der Waals surface area contributed by atoms with Gasteiger partial charge in [-0.1, -0.05) is 23.7 Å². The number of halogens is 3. The molecule has 0 spiro atoms. The van der Waals surface area contributed by atoms with Gasteiger partial charge in [0, 0.05) is 17.6 Å². The van der Waals surface area contributed by atoms with Crippen molar-refractivity contribution in [2.45, 2.75) is 25.3 Å². The number of rotatable bonds is 4. The predicted octanol–water partition coefficient (Wildman–Crippen LogP) is 3.15. The number of nitrogens with zero attached hydrogens (tertiary/aromatic N) is 1. The van der Waals surface area contributed by atoms with Gasteiger partial charge in [0.1, 0.15) is 0 Å². The van der Waals surface area contributed by atoms with E-state index in [1.165, 1.54) is 31.5 Å². The Balaban J connectivity index is 0.00000144. The second-order valence-corrected chi connectivity index (χ2v) is 4.90. The minimum absolute atomic E-state index is 0. The van der Waals surface area contributed by atoms with E-state index in [0.29, 0.717) is 6.04 Å². The average molecular weight is 312 g/mol. The molecule has 104 valence electrons. The molecule has 18 heavy (non-hydrogen) atoms. The number of hydrogen-bond donors (Lipinski definition) is 1. The molecule has 5 heteroatoms. The van der Waals surface area contributed by atoms with Gasteiger partial charge in [0.2, 0.25) is 0 Å². The first-order chi connectivity index (χ1) is 7.79. The molecule has 0 aromatic heterocycles. The van der Waals surface area contributed by atoms with Crippen molar-refractivity contribution in [2.24, 2.45) is 5.73 Å². The summed E-state index contributed by atoms with van der Waals surface area (Å²) in [5, 5.41) is 0.800. The highest BCUT2D eigenvalue weighted by atomic mass is 35.5. The summed E-state index contributed by atoms with van der Waals surface area (Å²) < 4.78 is 0. The summed E-state index contributed by atoms with van der Waals surface area (Å²) in [5.41, 5.74) is 7.19. The van der Waals surface area contributed by atoms with Crippen LogP contribution in [0.5, 0.6) is 0 Å². The maximum absolute atomic E-state index is 5.87. The van der Waals surface area contributed by atoms with Crippen molar-refractivity contribution in [1.82, 2.24) is 4.90 Å². The molecule has 2 rings (SSSR count). The van der Waals surface area contributed by atoms with Gasteiger partial charge >= 0.3 is 0 Å². The molecule has 2 N–H and O–H groups in total. The Morgan fingerprint density at radius 2 is 1.67 bits per heavy atom. The Hall–Kier alpha value is 0.01000. The number of benzene rings is 1. The summed E-state index contributed by atoms with van der Waals surface area (Å²) in [4.78, 5) is 2.51. The van der Waals surface area contributed by atoms with Gasteiger partial charge in [0.25, 0.3) is 0 Å². The van der Waals surface area contributed by atoms with E-state index in [9.17, 15) is 0 Å². The van der Waals surface area contributed by atoms with E-state index in [-0.39, 0.29) is 24.8 Å². The lowest BCUT2D eigenvalue weighted by Crippen LogP contribution is -2.40. The van der Waals surface area contributed by atoms with Crippen molar-refractivity contribution in [3.63, 3.8) is 0 Å². The minimum atomic E-state index is 0. The summed E-state index contributed by atoms with van der Waals surface area (Å²) in [6.45, 7) is 3.15. The second kappa shape index (κ2) is 9.00.